The maximum atomic E-state index is 15.4. The molecule has 10 heteroatoms. The number of fused-ring (bicyclic) bond motifs is 2. The molecule has 1 N–H and O–H groups in total. The minimum atomic E-state index is -0.556. The maximum absolute atomic E-state index is 15.4. The molecule has 5 aromatic rings. The van der Waals surface area contributed by atoms with Crippen LogP contribution in [0.1, 0.15) is 11.4 Å². The van der Waals surface area contributed by atoms with Gasteiger partial charge in [-0.1, -0.05) is 18.2 Å². The van der Waals surface area contributed by atoms with Gasteiger partial charge in [0.1, 0.15) is 22.8 Å². The van der Waals surface area contributed by atoms with Crippen LogP contribution in [0.25, 0.3) is 44.9 Å². The molecule has 0 saturated heterocycles. The summed E-state index contributed by atoms with van der Waals surface area (Å²) in [6, 6.07) is 10.5. The molecule has 1 aliphatic heterocycles. The third kappa shape index (κ3) is 3.72. The Kier molecular flexibility index (Phi) is 4.96. The third-order valence-electron chi connectivity index (χ3n) is 6.06. The summed E-state index contributed by atoms with van der Waals surface area (Å²) < 4.78 is 22.5. The van der Waals surface area contributed by atoms with E-state index in [9.17, 15) is 4.79 Å². The molecule has 3 aromatic heterocycles. The van der Waals surface area contributed by atoms with Gasteiger partial charge in [-0.3, -0.25) is 9.48 Å². The summed E-state index contributed by atoms with van der Waals surface area (Å²) in [7, 11) is 1.86. The largest absolute Gasteiger partial charge is 0.481 e. The Morgan fingerprint density at radius 3 is 2.61 bits per heavy atom. The first-order valence-electron chi connectivity index (χ1n) is 11.2. The number of nitrogens with zero attached hydrogens (tertiary/aromatic N) is 6. The predicted octanol–water partition coefficient (Wildman–Crippen LogP) is 4.24. The normalized spacial score (nSPS) is 12.8. The van der Waals surface area contributed by atoms with Crippen molar-refractivity contribution < 1.29 is 13.9 Å². The van der Waals surface area contributed by atoms with E-state index in [1.165, 1.54) is 12.1 Å². The Hall–Kier alpha value is -4.73. The Balaban J connectivity index is 1.58. The second-order valence-corrected chi connectivity index (χ2v) is 8.61. The van der Waals surface area contributed by atoms with Crippen molar-refractivity contribution in [3.63, 3.8) is 0 Å². The zero-order chi connectivity index (χ0) is 25.0. The Morgan fingerprint density at radius 1 is 1.00 bits per heavy atom. The van der Waals surface area contributed by atoms with Crippen molar-refractivity contribution in [1.29, 1.82) is 0 Å². The lowest BCUT2D eigenvalue weighted by Crippen LogP contribution is -2.25. The summed E-state index contributed by atoms with van der Waals surface area (Å²) in [5.41, 5.74) is 5.55. The quantitative estimate of drug-likeness (QED) is 0.411. The number of ether oxygens (including phenoxy) is 1. The van der Waals surface area contributed by atoms with Gasteiger partial charge in [-0.2, -0.15) is 5.10 Å². The summed E-state index contributed by atoms with van der Waals surface area (Å²) in [6.45, 7) is 3.51. The van der Waals surface area contributed by atoms with Crippen molar-refractivity contribution in [2.75, 3.05) is 11.9 Å². The predicted molar refractivity (Wildman–Crippen MR) is 132 cm³/mol. The number of carbonyl (C=O) groups is 1. The molecule has 1 aliphatic rings. The molecule has 0 atom stereocenters. The molecule has 0 fully saturated rings. The molecule has 0 bridgehead atoms. The van der Waals surface area contributed by atoms with Gasteiger partial charge < -0.3 is 10.1 Å². The lowest BCUT2D eigenvalue weighted by Gasteiger charge is -2.19. The van der Waals surface area contributed by atoms with Crippen LogP contribution in [0.15, 0.2) is 48.8 Å². The van der Waals surface area contributed by atoms with Crippen LogP contribution in [-0.2, 0) is 11.8 Å². The number of halogens is 1. The molecule has 4 heterocycles. The smallest absolute Gasteiger partial charge is 0.262 e. The third-order valence-corrected chi connectivity index (χ3v) is 6.06. The highest BCUT2D eigenvalue weighted by Gasteiger charge is 2.23. The Morgan fingerprint density at radius 2 is 1.81 bits per heavy atom. The van der Waals surface area contributed by atoms with Crippen LogP contribution < -0.4 is 10.1 Å². The Bertz CT molecular complexity index is 1700. The minimum Gasteiger partial charge on any atom is -0.481 e. The monoisotopic (exact) mass is 481 g/mol. The highest BCUT2D eigenvalue weighted by Crippen LogP contribution is 2.37. The molecule has 0 aliphatic carbocycles. The van der Waals surface area contributed by atoms with Crippen molar-refractivity contribution in [2.45, 2.75) is 13.8 Å². The molecule has 0 spiro atoms. The lowest BCUT2D eigenvalue weighted by molar-refractivity contribution is -0.118. The average Bonchev–Trinajstić information content (AvgIpc) is 3.30. The fourth-order valence-corrected chi connectivity index (χ4v) is 4.12. The molecular weight excluding hydrogens is 461 g/mol. The standard InChI is InChI=1S/C26H20FN7O2/c1-13-14(2)30-26-24(29-13)23(18-8-20-21(9-19(18)27)36-12-22(35)31-20)32-25(33-26)16-6-4-5-15(7-16)17-10-28-34(3)11-17/h4-11H,12H2,1-3H3,(H,31,35). The number of aryl methyl sites for hydroxylation is 3. The van der Waals surface area contributed by atoms with E-state index in [4.69, 9.17) is 9.72 Å². The van der Waals surface area contributed by atoms with Crippen molar-refractivity contribution in [3.8, 4) is 39.5 Å². The average molecular weight is 481 g/mol. The molecule has 9 nitrogen and oxygen atoms in total. The van der Waals surface area contributed by atoms with Gasteiger partial charge in [-0.15, -0.1) is 0 Å². The van der Waals surface area contributed by atoms with E-state index < -0.39 is 5.82 Å². The number of hydrogen-bond acceptors (Lipinski definition) is 7. The summed E-state index contributed by atoms with van der Waals surface area (Å²) >= 11 is 0. The second-order valence-electron chi connectivity index (χ2n) is 8.61. The summed E-state index contributed by atoms with van der Waals surface area (Å²) in [5.74, 6) is -0.235. The van der Waals surface area contributed by atoms with Gasteiger partial charge in [0.15, 0.2) is 18.1 Å². The van der Waals surface area contributed by atoms with Crippen LogP contribution in [0.3, 0.4) is 0 Å². The number of carbonyl (C=O) groups excluding carboxylic acids is 1. The van der Waals surface area contributed by atoms with Gasteiger partial charge in [0.2, 0.25) is 0 Å². The summed E-state index contributed by atoms with van der Waals surface area (Å²) in [6.07, 6.45) is 3.70. The van der Waals surface area contributed by atoms with E-state index in [-0.39, 0.29) is 29.5 Å². The number of hydrogen-bond donors (Lipinski definition) is 1. The van der Waals surface area contributed by atoms with Crippen LogP contribution in [0, 0.1) is 19.7 Å². The molecule has 1 amide bonds. The van der Waals surface area contributed by atoms with E-state index in [1.807, 2.05) is 51.4 Å². The number of benzene rings is 2. The van der Waals surface area contributed by atoms with E-state index >= 15 is 4.39 Å². The minimum absolute atomic E-state index is 0.161. The lowest BCUT2D eigenvalue weighted by atomic mass is 10.0. The highest BCUT2D eigenvalue weighted by atomic mass is 19.1. The molecular formula is C26H20FN7O2. The van der Waals surface area contributed by atoms with Crippen LogP contribution in [0.2, 0.25) is 0 Å². The first kappa shape index (κ1) is 21.8. The van der Waals surface area contributed by atoms with Crippen LogP contribution in [-0.4, -0.2) is 42.2 Å². The van der Waals surface area contributed by atoms with Crippen LogP contribution in [0.5, 0.6) is 5.75 Å². The van der Waals surface area contributed by atoms with Crippen LogP contribution in [0.4, 0.5) is 10.1 Å². The molecule has 36 heavy (non-hydrogen) atoms. The van der Waals surface area contributed by atoms with Crippen molar-refractivity contribution in [1.82, 2.24) is 29.7 Å². The number of amides is 1. The van der Waals surface area contributed by atoms with Gasteiger partial charge in [0.05, 0.1) is 23.3 Å². The van der Waals surface area contributed by atoms with Crippen molar-refractivity contribution >= 4 is 22.8 Å². The van der Waals surface area contributed by atoms with Gasteiger partial charge in [-0.25, -0.2) is 24.3 Å². The number of nitrogens with one attached hydrogen (secondary N) is 1. The van der Waals surface area contributed by atoms with E-state index in [2.05, 4.69) is 25.4 Å². The fourth-order valence-electron chi connectivity index (χ4n) is 4.12. The van der Waals surface area contributed by atoms with E-state index in [0.717, 1.165) is 16.7 Å². The molecule has 0 saturated carbocycles. The number of rotatable bonds is 3. The Labute approximate surface area is 205 Å². The topological polar surface area (TPSA) is 108 Å². The second kappa shape index (κ2) is 8.19. The van der Waals surface area contributed by atoms with Gasteiger partial charge >= 0.3 is 0 Å². The van der Waals surface area contributed by atoms with Crippen LogP contribution >= 0.6 is 0 Å². The number of aromatic nitrogens is 6. The molecule has 0 unspecified atom stereocenters. The summed E-state index contributed by atoms with van der Waals surface area (Å²) in [5, 5.41) is 6.97. The van der Waals surface area contributed by atoms with E-state index in [1.54, 1.807) is 10.9 Å². The van der Waals surface area contributed by atoms with Crippen molar-refractivity contribution in [2.24, 2.45) is 7.05 Å². The van der Waals surface area contributed by atoms with Gasteiger partial charge in [0.25, 0.3) is 5.91 Å². The van der Waals surface area contributed by atoms with Gasteiger partial charge in [0, 0.05) is 36.0 Å². The molecule has 178 valence electrons. The maximum Gasteiger partial charge on any atom is 0.262 e. The SMILES string of the molecule is Cc1nc2nc(-c3cccc(-c4cnn(C)c4)c3)nc(-c3cc4c(cc3F)OCC(=O)N4)c2nc1C. The first-order chi connectivity index (χ1) is 17.4. The zero-order valence-corrected chi connectivity index (χ0v) is 19.7. The molecule has 2 aromatic carbocycles. The molecule has 0 radical (unpaired) electrons. The van der Waals surface area contributed by atoms with Crippen molar-refractivity contribution in [3.05, 3.63) is 66.0 Å². The highest BCUT2D eigenvalue weighted by molar-refractivity contribution is 5.97. The molecule has 6 rings (SSSR count). The zero-order valence-electron chi connectivity index (χ0n) is 19.7. The summed E-state index contributed by atoms with van der Waals surface area (Å²) in [4.78, 5) is 30.5. The number of anilines is 1. The first-order valence-corrected chi connectivity index (χ1v) is 11.2. The van der Waals surface area contributed by atoms with E-state index in [0.29, 0.717) is 34.1 Å². The van der Waals surface area contributed by atoms with Gasteiger partial charge in [-0.05, 0) is 31.5 Å². The fraction of sp³-hybridized carbons (Fsp3) is 0.154.